The van der Waals surface area contributed by atoms with Crippen molar-refractivity contribution in [3.8, 4) is 0 Å². The Bertz CT molecular complexity index is 972. The zero-order valence-corrected chi connectivity index (χ0v) is 22.8. The third-order valence-corrected chi connectivity index (χ3v) is 9.67. The van der Waals surface area contributed by atoms with E-state index in [-0.39, 0.29) is 11.8 Å². The zero-order valence-electron chi connectivity index (χ0n) is 21.8. The van der Waals surface area contributed by atoms with Gasteiger partial charge < -0.3 is 20.0 Å². The molecule has 0 spiro atoms. The number of carbonyl (C=O) groups is 2. The summed E-state index contributed by atoms with van der Waals surface area (Å²) in [6.07, 6.45) is 9.40. The summed E-state index contributed by atoms with van der Waals surface area (Å²) < 4.78 is 0. The van der Waals surface area contributed by atoms with E-state index in [4.69, 9.17) is 0 Å². The number of likely N-dealkylation sites (tertiary alicyclic amines) is 1. The number of benzene rings is 1. The molecule has 2 amide bonds. The molecule has 8 heteroatoms. The van der Waals surface area contributed by atoms with E-state index in [1.165, 1.54) is 63.6 Å². The molecule has 1 N–H and O–H groups in total. The smallest absolute Gasteiger partial charge is 0.255 e. The minimum Gasteiger partial charge on any atom is -0.372 e. The Balaban J connectivity index is 1.10. The second kappa shape index (κ2) is 11.7. The molecular weight excluding hydrogens is 466 g/mol. The summed E-state index contributed by atoms with van der Waals surface area (Å²) in [5.41, 5.74) is 3.78. The van der Waals surface area contributed by atoms with Gasteiger partial charge in [0.1, 0.15) is 13.0 Å². The Labute approximate surface area is 219 Å². The molecular formula is C28H41BN4O2P. The van der Waals surface area contributed by atoms with Gasteiger partial charge in [0.2, 0.25) is 5.91 Å². The summed E-state index contributed by atoms with van der Waals surface area (Å²) >= 11 is 0. The van der Waals surface area contributed by atoms with Gasteiger partial charge in [0.05, 0.1) is 0 Å². The van der Waals surface area contributed by atoms with E-state index in [0.29, 0.717) is 13.0 Å². The number of allylic oxidation sites excluding steroid dienone is 1. The maximum Gasteiger partial charge on any atom is 0.255 e. The van der Waals surface area contributed by atoms with E-state index < -0.39 is 6.04 Å². The molecule has 4 aliphatic rings. The lowest BCUT2D eigenvalue weighted by Gasteiger charge is -2.37. The monoisotopic (exact) mass is 507 g/mol. The first kappa shape index (κ1) is 25.8. The highest BCUT2D eigenvalue weighted by Crippen LogP contribution is 2.34. The molecule has 5 rings (SSSR count). The molecule has 0 saturated carbocycles. The van der Waals surface area contributed by atoms with Crippen molar-refractivity contribution in [1.82, 2.24) is 15.1 Å². The first-order valence-corrected chi connectivity index (χ1v) is 15.2. The van der Waals surface area contributed by atoms with Crippen LogP contribution in [-0.2, 0) is 11.3 Å². The fourth-order valence-corrected chi connectivity index (χ4v) is 7.28. The van der Waals surface area contributed by atoms with Crippen molar-refractivity contribution in [2.75, 3.05) is 43.8 Å². The van der Waals surface area contributed by atoms with Gasteiger partial charge in [-0.3, -0.25) is 9.59 Å². The van der Waals surface area contributed by atoms with Gasteiger partial charge in [0.25, 0.3) is 5.91 Å². The average molecular weight is 507 g/mol. The highest BCUT2D eigenvalue weighted by Gasteiger charge is 2.38. The van der Waals surface area contributed by atoms with Gasteiger partial charge >= 0.3 is 0 Å². The van der Waals surface area contributed by atoms with Crippen LogP contribution in [0.1, 0.15) is 60.9 Å². The van der Waals surface area contributed by atoms with E-state index in [2.05, 4.69) is 47.7 Å². The Hall–Kier alpha value is -1.85. The van der Waals surface area contributed by atoms with Crippen molar-refractivity contribution in [3.63, 3.8) is 0 Å². The van der Waals surface area contributed by atoms with Crippen LogP contribution in [0.3, 0.4) is 0 Å². The van der Waals surface area contributed by atoms with Crippen LogP contribution in [0.4, 0.5) is 5.69 Å². The zero-order chi connectivity index (χ0) is 25.1. The number of fused-ring (bicyclic) bond motifs is 1. The summed E-state index contributed by atoms with van der Waals surface area (Å²) in [4.78, 5) is 32.4. The number of hydrogen-bond acceptors (Lipinski definition) is 4. The van der Waals surface area contributed by atoms with Crippen molar-refractivity contribution in [3.05, 3.63) is 41.6 Å². The predicted molar refractivity (Wildman–Crippen MR) is 150 cm³/mol. The van der Waals surface area contributed by atoms with Crippen molar-refractivity contribution < 1.29 is 9.59 Å². The van der Waals surface area contributed by atoms with E-state index in [0.717, 1.165) is 56.6 Å². The van der Waals surface area contributed by atoms with Crippen LogP contribution in [0.2, 0.25) is 6.82 Å². The molecule has 3 fully saturated rings. The quantitative estimate of drug-likeness (QED) is 0.327. The van der Waals surface area contributed by atoms with Gasteiger partial charge in [-0.25, -0.2) is 0 Å². The fraction of sp³-hybridized carbons (Fsp3) is 0.643. The van der Waals surface area contributed by atoms with Crippen molar-refractivity contribution in [2.45, 2.75) is 64.4 Å². The topological polar surface area (TPSA) is 55.9 Å². The highest BCUT2D eigenvalue weighted by atomic mass is 31.1. The van der Waals surface area contributed by atoms with E-state index in [9.17, 15) is 9.59 Å². The van der Waals surface area contributed by atoms with Crippen molar-refractivity contribution in [1.29, 1.82) is 0 Å². The Kier molecular flexibility index (Phi) is 8.37. The molecule has 1 aromatic rings. The minimum atomic E-state index is -0.392. The third kappa shape index (κ3) is 5.83. The summed E-state index contributed by atoms with van der Waals surface area (Å²) in [5.74, 6) is 1.64. The predicted octanol–water partition coefficient (Wildman–Crippen LogP) is 4.10. The summed E-state index contributed by atoms with van der Waals surface area (Å²) in [6, 6.07) is 5.89. The Morgan fingerprint density at radius 2 is 1.78 bits per heavy atom. The van der Waals surface area contributed by atoms with E-state index >= 15 is 0 Å². The number of carbonyl (C=O) groups excluding carboxylic acids is 2. The number of piperidine rings is 3. The number of anilines is 1. The third-order valence-electron chi connectivity index (χ3n) is 8.75. The molecule has 1 radical (unpaired) electrons. The fourth-order valence-electron chi connectivity index (χ4n) is 6.55. The maximum atomic E-state index is 13.0. The summed E-state index contributed by atoms with van der Waals surface area (Å²) in [5, 5.41) is 2.82. The number of nitrogens with one attached hydrogen (secondary N) is 1. The molecule has 1 aromatic carbocycles. The molecule has 0 aromatic heterocycles. The van der Waals surface area contributed by atoms with Gasteiger partial charge in [0.15, 0.2) is 0 Å². The van der Waals surface area contributed by atoms with Crippen LogP contribution < -0.4 is 10.2 Å². The van der Waals surface area contributed by atoms with Crippen LogP contribution in [0.25, 0.3) is 0 Å². The Morgan fingerprint density at radius 1 is 1.06 bits per heavy atom. The number of amides is 2. The molecule has 4 aliphatic heterocycles. The second-order valence-corrected chi connectivity index (χ2v) is 12.6. The number of rotatable bonds is 8. The second-order valence-electron chi connectivity index (χ2n) is 11.1. The normalized spacial score (nSPS) is 24.6. The van der Waals surface area contributed by atoms with Gasteiger partial charge in [-0.05, 0) is 99.8 Å². The van der Waals surface area contributed by atoms with E-state index in [1.807, 2.05) is 6.07 Å². The largest absolute Gasteiger partial charge is 0.372 e. The lowest BCUT2D eigenvalue weighted by atomic mass is 9.82. The number of hydrogen-bond donors (Lipinski definition) is 1. The van der Waals surface area contributed by atoms with Crippen molar-refractivity contribution >= 4 is 33.0 Å². The van der Waals surface area contributed by atoms with Crippen LogP contribution in [0, 0.1) is 11.8 Å². The molecule has 4 heterocycles. The molecule has 2 atom stereocenters. The summed E-state index contributed by atoms with van der Waals surface area (Å²) in [7, 11) is 1.01. The van der Waals surface area contributed by atoms with Gasteiger partial charge in [-0.15, -0.1) is 0 Å². The molecule has 0 bridgehead atoms. The van der Waals surface area contributed by atoms with Crippen LogP contribution in [0.5, 0.6) is 0 Å². The van der Waals surface area contributed by atoms with Crippen LogP contribution in [-0.4, -0.2) is 73.5 Å². The van der Waals surface area contributed by atoms with Crippen LogP contribution in [0.15, 0.2) is 30.5 Å². The average Bonchev–Trinajstić information content (AvgIpc) is 3.21. The minimum absolute atomic E-state index is 0.0157. The van der Waals surface area contributed by atoms with Crippen molar-refractivity contribution in [2.24, 2.45) is 11.8 Å². The first-order chi connectivity index (χ1) is 17.5. The van der Waals surface area contributed by atoms with Crippen LogP contribution >= 0.6 is 8.46 Å². The lowest BCUT2D eigenvalue weighted by Crippen LogP contribution is -2.49. The Morgan fingerprint density at radius 3 is 2.47 bits per heavy atom. The molecule has 6 nitrogen and oxygen atoms in total. The van der Waals surface area contributed by atoms with E-state index in [1.54, 1.807) is 4.90 Å². The molecule has 2 unspecified atom stereocenters. The standard InChI is InChI=1S/C28H41BN4O2P/c1-20-3-6-26(27(34)30-20)33-19-23-18-24(4-5-25(23)28(33)35)32-13-9-22(10-14-32)17-21-7-11-31(12-8-21)15-16-36-29-2/h4-5,18,21-22,26,36H,1,3,6-17,19H2,2H3,(H,30,34). The highest BCUT2D eigenvalue weighted by molar-refractivity contribution is 7.70. The molecule has 193 valence electrons. The lowest BCUT2D eigenvalue weighted by molar-refractivity contribution is -0.126. The SMILES string of the molecule is C=C1CCC(N2Cc3cc(N4CCC(CC5CCN(CCP[B]C)CC5)CC4)ccc3C2=O)C(=O)N1. The number of nitrogens with zero attached hydrogens (tertiary/aromatic N) is 3. The molecule has 0 aliphatic carbocycles. The molecule has 3 saturated heterocycles. The maximum absolute atomic E-state index is 13.0. The first-order valence-electron chi connectivity index (χ1n) is 13.9. The molecule has 36 heavy (non-hydrogen) atoms. The van der Waals surface area contributed by atoms with Gasteiger partial charge in [0, 0.05) is 43.1 Å². The van der Waals surface area contributed by atoms with Gasteiger partial charge in [-0.1, -0.05) is 13.4 Å². The summed E-state index contributed by atoms with van der Waals surface area (Å²) in [6.45, 7) is 14.9. The van der Waals surface area contributed by atoms with Gasteiger partial charge in [-0.2, -0.15) is 8.46 Å².